The van der Waals surface area contributed by atoms with Gasteiger partial charge in [-0.05, 0) is 36.4 Å². The van der Waals surface area contributed by atoms with Crippen LogP contribution in [0.15, 0.2) is 94.8 Å². The van der Waals surface area contributed by atoms with Gasteiger partial charge in [0, 0.05) is 33.2 Å². The van der Waals surface area contributed by atoms with Gasteiger partial charge in [0.1, 0.15) is 31.5 Å². The van der Waals surface area contributed by atoms with Crippen molar-refractivity contribution < 1.29 is 57.1 Å². The number of rotatable bonds is 10. The molecule has 2 aliphatic rings. The van der Waals surface area contributed by atoms with Crippen LogP contribution in [0.4, 0.5) is 11.6 Å². The number of carbonyl (C=O) groups excluding carboxylic acids is 5. The molecule has 4 aromatic rings. The number of esters is 3. The highest BCUT2D eigenvalue weighted by molar-refractivity contribution is 5.90. The number of nitrogens with zero attached hydrogens (tertiary/aromatic N) is 3. The van der Waals surface area contributed by atoms with Gasteiger partial charge < -0.3 is 43.8 Å². The van der Waals surface area contributed by atoms with Crippen molar-refractivity contribution in [3.63, 3.8) is 0 Å². The molecule has 2 amide bonds. The standard InChI is InChI=1S/C17H17N3O6.C13H14O6.C6H7N3O2/c1-11(21)18-13-7-8-20(17(23)19-13)14-9-24-15(26-14)10-25-16(22)12-5-3-2-4-6-12;1-9(14)18-12-8-16-11(19-12)7-17-13(15)10-5-3-2-4-6-10;1-4(10)8-5-2-3-7-6(11)9-5/h2-8,14-15H,9-10H2,1H3,(H,18,19,21,23);2-6,11-12H,7-8H2,1H3;2-3H,1H3,(H2,7,8,9,10,11)/t14?,15-;11-,12?;/m00./s1. The van der Waals surface area contributed by atoms with E-state index in [1.807, 2.05) is 6.07 Å². The number of H-pyrrole nitrogens is 1. The Kier molecular flexibility index (Phi) is 16.0. The van der Waals surface area contributed by atoms with E-state index in [4.69, 9.17) is 33.2 Å². The monoisotopic (exact) mass is 778 g/mol. The highest BCUT2D eigenvalue weighted by atomic mass is 16.8. The van der Waals surface area contributed by atoms with Crippen molar-refractivity contribution in [2.24, 2.45) is 0 Å². The number of carbonyl (C=O) groups is 5. The molecule has 56 heavy (non-hydrogen) atoms. The van der Waals surface area contributed by atoms with Gasteiger partial charge in [-0.3, -0.25) is 23.9 Å². The molecule has 3 N–H and O–H groups in total. The third-order valence-electron chi connectivity index (χ3n) is 6.90. The van der Waals surface area contributed by atoms with Gasteiger partial charge in [0.2, 0.25) is 18.1 Å². The van der Waals surface area contributed by atoms with E-state index in [-0.39, 0.29) is 44.1 Å². The molecule has 2 saturated heterocycles. The number of benzene rings is 2. The first kappa shape index (κ1) is 42.1. The van der Waals surface area contributed by atoms with E-state index in [2.05, 4.69) is 25.6 Å². The Labute approximate surface area is 318 Å². The minimum absolute atomic E-state index is 0.0501. The van der Waals surface area contributed by atoms with Crippen molar-refractivity contribution in [2.45, 2.75) is 45.9 Å². The third-order valence-corrected chi connectivity index (χ3v) is 6.90. The van der Waals surface area contributed by atoms with Crippen molar-refractivity contribution in [2.75, 3.05) is 37.1 Å². The summed E-state index contributed by atoms with van der Waals surface area (Å²) < 4.78 is 37.6. The van der Waals surface area contributed by atoms with Crippen molar-refractivity contribution in [3.05, 3.63) is 117 Å². The molecule has 2 aromatic heterocycles. The highest BCUT2D eigenvalue weighted by Crippen LogP contribution is 2.20. The fourth-order valence-corrected chi connectivity index (χ4v) is 4.56. The van der Waals surface area contributed by atoms with Crippen LogP contribution in [0.2, 0.25) is 0 Å². The molecule has 20 heteroatoms. The SMILES string of the molecule is CC(=O)Nc1ccn(C2CO[C@H](COC(=O)c3ccccc3)O2)c(=O)n1.CC(=O)Nc1ccnc(=O)[nH]1.CC(=O)OC1CO[C@H](COC(=O)c2ccccc2)O1. The number of hydrogen-bond acceptors (Lipinski definition) is 16. The first-order valence-corrected chi connectivity index (χ1v) is 16.7. The number of anilines is 2. The lowest BCUT2D eigenvalue weighted by atomic mass is 10.2. The number of nitrogens with one attached hydrogen (secondary N) is 3. The van der Waals surface area contributed by atoms with Gasteiger partial charge in [-0.2, -0.15) is 4.98 Å². The fraction of sp³-hybridized carbons (Fsp3) is 0.306. The van der Waals surface area contributed by atoms with Gasteiger partial charge in [-0.25, -0.2) is 24.2 Å². The summed E-state index contributed by atoms with van der Waals surface area (Å²) in [6, 6.07) is 20.1. The Morgan fingerprint density at radius 2 is 1.34 bits per heavy atom. The van der Waals surface area contributed by atoms with Crippen LogP contribution in [-0.4, -0.2) is 94.5 Å². The molecule has 6 rings (SSSR count). The van der Waals surface area contributed by atoms with Crippen LogP contribution in [0.1, 0.15) is 47.7 Å². The largest absolute Gasteiger partial charge is 0.457 e. The van der Waals surface area contributed by atoms with E-state index in [1.165, 1.54) is 49.9 Å². The molecule has 0 bridgehead atoms. The van der Waals surface area contributed by atoms with Gasteiger partial charge in [-0.15, -0.1) is 0 Å². The zero-order chi connectivity index (χ0) is 40.5. The second kappa shape index (κ2) is 21.3. The van der Waals surface area contributed by atoms with E-state index in [0.29, 0.717) is 16.9 Å². The molecule has 0 radical (unpaired) electrons. The number of aromatic amines is 1. The van der Waals surface area contributed by atoms with E-state index >= 15 is 0 Å². The maximum Gasteiger partial charge on any atom is 0.351 e. The summed E-state index contributed by atoms with van der Waals surface area (Å²) in [5.41, 5.74) is -0.184. The number of ether oxygens (including phenoxy) is 7. The van der Waals surface area contributed by atoms with Crippen LogP contribution in [0.5, 0.6) is 0 Å². The fourth-order valence-electron chi connectivity index (χ4n) is 4.56. The maximum atomic E-state index is 12.0. The Hall–Kier alpha value is -6.61. The summed E-state index contributed by atoms with van der Waals surface area (Å²) in [7, 11) is 0. The zero-order valence-electron chi connectivity index (χ0n) is 30.3. The molecule has 0 saturated carbocycles. The van der Waals surface area contributed by atoms with E-state index in [0.717, 1.165) is 0 Å². The van der Waals surface area contributed by atoms with Crippen LogP contribution in [0, 0.1) is 0 Å². The number of hydrogen-bond donors (Lipinski definition) is 3. The number of amides is 2. The Balaban J connectivity index is 0.000000203. The Morgan fingerprint density at radius 1 is 0.768 bits per heavy atom. The molecule has 20 nitrogen and oxygen atoms in total. The molecular weight excluding hydrogens is 740 g/mol. The summed E-state index contributed by atoms with van der Waals surface area (Å²) in [5.74, 6) is -1.43. The molecule has 2 unspecified atom stereocenters. The van der Waals surface area contributed by atoms with E-state index < -0.39 is 54.4 Å². The lowest BCUT2D eigenvalue weighted by molar-refractivity contribution is -0.177. The second-order valence-electron chi connectivity index (χ2n) is 11.4. The Morgan fingerprint density at radius 3 is 1.88 bits per heavy atom. The average molecular weight is 779 g/mol. The quantitative estimate of drug-likeness (QED) is 0.153. The zero-order valence-corrected chi connectivity index (χ0v) is 30.3. The molecule has 0 aliphatic carbocycles. The van der Waals surface area contributed by atoms with Gasteiger partial charge in [0.25, 0.3) is 0 Å². The second-order valence-corrected chi connectivity index (χ2v) is 11.4. The minimum Gasteiger partial charge on any atom is -0.457 e. The van der Waals surface area contributed by atoms with Crippen LogP contribution in [0.25, 0.3) is 0 Å². The Bertz CT molecular complexity index is 2060. The van der Waals surface area contributed by atoms with E-state index in [1.54, 1.807) is 54.6 Å². The lowest BCUT2D eigenvalue weighted by Gasteiger charge is -2.14. The normalized spacial score (nSPS) is 18.1. The van der Waals surface area contributed by atoms with Crippen molar-refractivity contribution in [3.8, 4) is 0 Å². The highest BCUT2D eigenvalue weighted by Gasteiger charge is 2.30. The van der Waals surface area contributed by atoms with Gasteiger partial charge in [0.15, 0.2) is 18.8 Å². The molecule has 4 heterocycles. The van der Waals surface area contributed by atoms with Gasteiger partial charge in [0.05, 0.1) is 17.7 Å². The van der Waals surface area contributed by atoms with Crippen LogP contribution in [0.3, 0.4) is 0 Å². The maximum absolute atomic E-state index is 12.0. The predicted octanol–water partition coefficient (Wildman–Crippen LogP) is 1.76. The topological polar surface area (TPSA) is 255 Å². The summed E-state index contributed by atoms with van der Waals surface area (Å²) in [6.07, 6.45) is -0.150. The summed E-state index contributed by atoms with van der Waals surface area (Å²) >= 11 is 0. The van der Waals surface area contributed by atoms with Gasteiger partial charge in [-0.1, -0.05) is 36.4 Å². The van der Waals surface area contributed by atoms with Crippen LogP contribution >= 0.6 is 0 Å². The first-order valence-electron chi connectivity index (χ1n) is 16.7. The molecule has 2 aromatic carbocycles. The minimum atomic E-state index is -0.783. The van der Waals surface area contributed by atoms with E-state index in [9.17, 15) is 33.6 Å². The van der Waals surface area contributed by atoms with Crippen molar-refractivity contribution >= 4 is 41.4 Å². The summed E-state index contributed by atoms with van der Waals surface area (Å²) in [5, 5.41) is 4.84. The first-order chi connectivity index (χ1) is 26.9. The smallest absolute Gasteiger partial charge is 0.351 e. The predicted molar refractivity (Wildman–Crippen MR) is 192 cm³/mol. The lowest BCUT2D eigenvalue weighted by Crippen LogP contribution is -2.29. The van der Waals surface area contributed by atoms with Crippen LogP contribution < -0.4 is 22.0 Å². The number of aromatic nitrogens is 4. The van der Waals surface area contributed by atoms with Gasteiger partial charge >= 0.3 is 29.3 Å². The van der Waals surface area contributed by atoms with Crippen molar-refractivity contribution in [1.82, 2.24) is 19.5 Å². The molecular formula is C36H38N6O14. The summed E-state index contributed by atoms with van der Waals surface area (Å²) in [4.78, 5) is 87.8. The van der Waals surface area contributed by atoms with Crippen LogP contribution in [-0.2, 0) is 47.5 Å². The third kappa shape index (κ3) is 14.3. The molecule has 2 fully saturated rings. The van der Waals surface area contributed by atoms with Crippen molar-refractivity contribution in [1.29, 1.82) is 0 Å². The summed E-state index contributed by atoms with van der Waals surface area (Å²) in [6.45, 7) is 4.05. The molecule has 2 aliphatic heterocycles. The molecule has 0 spiro atoms. The molecule has 4 atom stereocenters. The molecule has 296 valence electrons. The average Bonchev–Trinajstić information content (AvgIpc) is 3.83.